The molecule has 1 fully saturated rings. The molecule has 2 unspecified atom stereocenters. The SMILES string of the molecule is CCC1CCCC1Nc1c(F)cccc1Br. The number of nitrogens with one attached hydrogen (secondary N) is 1. The smallest absolute Gasteiger partial charge is 0.147 e. The molecule has 0 radical (unpaired) electrons. The highest BCUT2D eigenvalue weighted by atomic mass is 79.9. The molecular weight excluding hydrogens is 269 g/mol. The number of hydrogen-bond acceptors (Lipinski definition) is 1. The van der Waals surface area contributed by atoms with Crippen LogP contribution < -0.4 is 5.32 Å². The molecule has 0 aromatic heterocycles. The molecule has 1 aromatic rings. The molecule has 3 heteroatoms. The Kier molecular flexibility index (Phi) is 3.85. The van der Waals surface area contributed by atoms with Crippen LogP contribution in [0.15, 0.2) is 22.7 Å². The zero-order chi connectivity index (χ0) is 11.5. The van der Waals surface area contributed by atoms with Crippen molar-refractivity contribution in [3.8, 4) is 0 Å². The van der Waals surface area contributed by atoms with Crippen molar-refractivity contribution in [1.82, 2.24) is 0 Å². The third-order valence-corrected chi connectivity index (χ3v) is 4.14. The highest BCUT2D eigenvalue weighted by Gasteiger charge is 2.26. The molecular formula is C13H17BrFN. The lowest BCUT2D eigenvalue weighted by atomic mass is 10.0. The van der Waals surface area contributed by atoms with Crippen LogP contribution >= 0.6 is 15.9 Å². The lowest BCUT2D eigenvalue weighted by molar-refractivity contribution is 0.486. The van der Waals surface area contributed by atoms with Crippen LogP contribution in [0.2, 0.25) is 0 Å². The summed E-state index contributed by atoms with van der Waals surface area (Å²) in [5.41, 5.74) is 0.618. The summed E-state index contributed by atoms with van der Waals surface area (Å²) in [6.45, 7) is 2.21. The van der Waals surface area contributed by atoms with Crippen LogP contribution in [0.5, 0.6) is 0 Å². The average Bonchev–Trinajstić information content (AvgIpc) is 2.71. The van der Waals surface area contributed by atoms with Crippen molar-refractivity contribution in [2.24, 2.45) is 5.92 Å². The number of halogens is 2. The van der Waals surface area contributed by atoms with E-state index in [4.69, 9.17) is 0 Å². The van der Waals surface area contributed by atoms with Crippen molar-refractivity contribution >= 4 is 21.6 Å². The van der Waals surface area contributed by atoms with Gasteiger partial charge in [0, 0.05) is 10.5 Å². The van der Waals surface area contributed by atoms with Gasteiger partial charge < -0.3 is 5.32 Å². The Labute approximate surface area is 105 Å². The Hall–Kier alpha value is -0.570. The van der Waals surface area contributed by atoms with E-state index >= 15 is 0 Å². The molecule has 1 nitrogen and oxygen atoms in total. The van der Waals surface area contributed by atoms with Crippen molar-refractivity contribution in [3.05, 3.63) is 28.5 Å². The second-order valence-electron chi connectivity index (χ2n) is 4.45. The van der Waals surface area contributed by atoms with Crippen LogP contribution in [0.3, 0.4) is 0 Å². The molecule has 1 saturated carbocycles. The van der Waals surface area contributed by atoms with Crippen molar-refractivity contribution in [1.29, 1.82) is 0 Å². The van der Waals surface area contributed by atoms with Crippen LogP contribution in [0.4, 0.5) is 10.1 Å². The van der Waals surface area contributed by atoms with Gasteiger partial charge in [0.05, 0.1) is 5.69 Å². The zero-order valence-electron chi connectivity index (χ0n) is 9.47. The molecule has 0 bridgehead atoms. The van der Waals surface area contributed by atoms with Gasteiger partial charge in [0.15, 0.2) is 0 Å². The van der Waals surface area contributed by atoms with E-state index in [2.05, 4.69) is 28.2 Å². The van der Waals surface area contributed by atoms with Gasteiger partial charge in [-0.05, 0) is 46.8 Å². The number of para-hydroxylation sites is 1. The first-order valence-electron chi connectivity index (χ1n) is 5.93. The summed E-state index contributed by atoms with van der Waals surface area (Å²) in [7, 11) is 0. The first-order chi connectivity index (χ1) is 7.72. The lowest BCUT2D eigenvalue weighted by Gasteiger charge is -2.21. The normalized spacial score (nSPS) is 24.7. The van der Waals surface area contributed by atoms with E-state index in [1.807, 2.05) is 6.07 Å². The fraction of sp³-hybridized carbons (Fsp3) is 0.538. The van der Waals surface area contributed by atoms with Gasteiger partial charge >= 0.3 is 0 Å². The van der Waals surface area contributed by atoms with E-state index in [0.29, 0.717) is 17.6 Å². The van der Waals surface area contributed by atoms with E-state index in [0.717, 1.165) is 10.9 Å². The molecule has 88 valence electrons. The molecule has 1 aliphatic carbocycles. The lowest BCUT2D eigenvalue weighted by Crippen LogP contribution is -2.24. The molecule has 0 heterocycles. The second-order valence-corrected chi connectivity index (χ2v) is 5.30. The van der Waals surface area contributed by atoms with Crippen molar-refractivity contribution in [3.63, 3.8) is 0 Å². The molecule has 0 amide bonds. The Bertz CT molecular complexity index is 347. The minimum Gasteiger partial charge on any atom is -0.379 e. The highest BCUT2D eigenvalue weighted by molar-refractivity contribution is 9.10. The summed E-state index contributed by atoms with van der Waals surface area (Å²) in [6.07, 6.45) is 4.84. The predicted molar refractivity (Wildman–Crippen MR) is 69.1 cm³/mol. The van der Waals surface area contributed by atoms with Crippen molar-refractivity contribution in [2.45, 2.75) is 38.6 Å². The highest BCUT2D eigenvalue weighted by Crippen LogP contribution is 2.33. The minimum atomic E-state index is -0.170. The molecule has 1 aromatic carbocycles. The molecule has 2 atom stereocenters. The van der Waals surface area contributed by atoms with Crippen LogP contribution in [0.1, 0.15) is 32.6 Å². The first kappa shape index (κ1) is 11.9. The predicted octanol–water partition coefficient (Wildman–Crippen LogP) is 4.58. The molecule has 1 aliphatic rings. The third-order valence-electron chi connectivity index (χ3n) is 3.48. The van der Waals surface area contributed by atoms with Gasteiger partial charge in [-0.25, -0.2) is 4.39 Å². The van der Waals surface area contributed by atoms with E-state index in [-0.39, 0.29) is 5.82 Å². The number of hydrogen-bond donors (Lipinski definition) is 1. The summed E-state index contributed by atoms with van der Waals surface area (Å²) in [5.74, 6) is 0.516. The van der Waals surface area contributed by atoms with Gasteiger partial charge in [0.2, 0.25) is 0 Å². The monoisotopic (exact) mass is 285 g/mol. The van der Waals surface area contributed by atoms with Gasteiger partial charge in [0.1, 0.15) is 5.82 Å². The summed E-state index contributed by atoms with van der Waals surface area (Å²) in [5, 5.41) is 3.36. The standard InChI is InChI=1S/C13H17BrFN/c1-2-9-5-3-8-12(9)16-13-10(14)6-4-7-11(13)15/h4,6-7,9,12,16H,2-3,5,8H2,1H3. The Morgan fingerprint density at radius 1 is 1.44 bits per heavy atom. The maximum atomic E-state index is 13.6. The van der Waals surface area contributed by atoms with E-state index in [1.165, 1.54) is 25.3 Å². The Morgan fingerprint density at radius 2 is 2.25 bits per heavy atom. The van der Waals surface area contributed by atoms with Crippen LogP contribution in [0, 0.1) is 11.7 Å². The van der Waals surface area contributed by atoms with E-state index in [9.17, 15) is 4.39 Å². The summed E-state index contributed by atoms with van der Waals surface area (Å²) < 4.78 is 14.5. The zero-order valence-corrected chi connectivity index (χ0v) is 11.1. The number of benzene rings is 1. The average molecular weight is 286 g/mol. The molecule has 16 heavy (non-hydrogen) atoms. The van der Waals surface area contributed by atoms with E-state index in [1.54, 1.807) is 6.07 Å². The number of rotatable bonds is 3. The summed E-state index contributed by atoms with van der Waals surface area (Å²) in [6, 6.07) is 5.53. The third kappa shape index (κ3) is 2.40. The Balaban J connectivity index is 2.14. The van der Waals surface area contributed by atoms with Crippen LogP contribution in [-0.4, -0.2) is 6.04 Å². The first-order valence-corrected chi connectivity index (χ1v) is 6.72. The summed E-state index contributed by atoms with van der Waals surface area (Å²) in [4.78, 5) is 0. The van der Waals surface area contributed by atoms with Crippen molar-refractivity contribution in [2.75, 3.05) is 5.32 Å². The fourth-order valence-electron chi connectivity index (χ4n) is 2.54. The quantitative estimate of drug-likeness (QED) is 0.857. The fourth-order valence-corrected chi connectivity index (χ4v) is 2.99. The topological polar surface area (TPSA) is 12.0 Å². The summed E-state index contributed by atoms with van der Waals surface area (Å²) >= 11 is 3.39. The van der Waals surface area contributed by atoms with Gasteiger partial charge in [-0.2, -0.15) is 0 Å². The Morgan fingerprint density at radius 3 is 2.94 bits per heavy atom. The van der Waals surface area contributed by atoms with Gasteiger partial charge in [-0.1, -0.05) is 25.8 Å². The molecule has 0 aliphatic heterocycles. The van der Waals surface area contributed by atoms with Crippen molar-refractivity contribution < 1.29 is 4.39 Å². The maximum absolute atomic E-state index is 13.6. The molecule has 2 rings (SSSR count). The molecule has 0 spiro atoms. The van der Waals surface area contributed by atoms with E-state index < -0.39 is 0 Å². The van der Waals surface area contributed by atoms with Gasteiger partial charge in [-0.3, -0.25) is 0 Å². The second kappa shape index (κ2) is 5.17. The molecule has 1 N–H and O–H groups in total. The maximum Gasteiger partial charge on any atom is 0.147 e. The number of anilines is 1. The molecule has 0 saturated heterocycles. The van der Waals surface area contributed by atoms with Gasteiger partial charge in [0.25, 0.3) is 0 Å². The van der Waals surface area contributed by atoms with Crippen LogP contribution in [0.25, 0.3) is 0 Å². The van der Waals surface area contributed by atoms with Gasteiger partial charge in [-0.15, -0.1) is 0 Å². The minimum absolute atomic E-state index is 0.170. The van der Waals surface area contributed by atoms with Crippen LogP contribution in [-0.2, 0) is 0 Å². The largest absolute Gasteiger partial charge is 0.379 e.